The molecule has 442 valence electrons. The van der Waals surface area contributed by atoms with Gasteiger partial charge in [-0.2, -0.15) is 0 Å². The highest BCUT2D eigenvalue weighted by molar-refractivity contribution is 6.39. The Hall–Kier alpha value is -3.53. The lowest BCUT2D eigenvalue weighted by Gasteiger charge is -2.43. The lowest BCUT2D eigenvalue weighted by atomic mass is 9.78. The maximum absolute atomic E-state index is 14.7. The van der Waals surface area contributed by atoms with E-state index in [-0.39, 0.29) is 99.2 Å². The number of esters is 1. The first-order valence-corrected chi connectivity index (χ1v) is 28.8. The molecule has 1 saturated carbocycles. The molecule has 1 amide bonds. The van der Waals surface area contributed by atoms with Crippen LogP contribution in [-0.2, 0) is 71.3 Å². The minimum Gasteiger partial charge on any atom is -0.460 e. The van der Waals surface area contributed by atoms with Gasteiger partial charge in [-0.15, -0.1) is 0 Å². The number of amides is 1. The Morgan fingerprint density at radius 1 is 0.769 bits per heavy atom. The van der Waals surface area contributed by atoms with Crippen molar-refractivity contribution >= 4 is 29.2 Å². The molecule has 0 spiro atoms. The van der Waals surface area contributed by atoms with Gasteiger partial charge in [0.05, 0.1) is 77.3 Å². The van der Waals surface area contributed by atoms with Crippen LogP contribution in [0.25, 0.3) is 0 Å². The van der Waals surface area contributed by atoms with Crippen LogP contribution < -0.4 is 0 Å². The number of nitrogens with zero attached hydrogens (tertiary/aromatic N) is 1. The molecule has 0 aromatic carbocycles. The first-order valence-electron chi connectivity index (χ1n) is 28.8. The molecule has 2 N–H and O–H groups in total. The van der Waals surface area contributed by atoms with Gasteiger partial charge in [0.2, 0.25) is 5.79 Å². The Balaban J connectivity index is 1.45. The number of Topliss-reactive ketones (excluding diaryl/α,β-unsaturated/α-hetero) is 3. The number of carbonyl (C=O) groups excluding carboxylic acids is 5. The minimum absolute atomic E-state index is 0.0257. The summed E-state index contributed by atoms with van der Waals surface area (Å²) in [6.45, 7) is 15.8. The van der Waals surface area contributed by atoms with Crippen LogP contribution in [0.3, 0.4) is 0 Å². The van der Waals surface area contributed by atoms with E-state index in [4.69, 9.17) is 47.4 Å². The van der Waals surface area contributed by atoms with E-state index in [1.54, 1.807) is 27.0 Å². The Kier molecular flexibility index (Phi) is 27.4. The fourth-order valence-electron chi connectivity index (χ4n) is 11.6. The summed E-state index contributed by atoms with van der Waals surface area (Å²) in [4.78, 5) is 73.5. The first kappa shape index (κ1) is 65.3. The molecule has 5 aliphatic rings. The Morgan fingerprint density at radius 3 is 2.18 bits per heavy atom. The summed E-state index contributed by atoms with van der Waals surface area (Å²) in [6.07, 6.45) is 12.9. The number of carbonyl (C=O) groups is 5. The third-order valence-corrected chi connectivity index (χ3v) is 16.6. The molecule has 0 aromatic heterocycles. The van der Waals surface area contributed by atoms with Gasteiger partial charge in [-0.05, 0) is 107 Å². The number of rotatable bonds is 17. The van der Waals surface area contributed by atoms with Gasteiger partial charge in [-0.3, -0.25) is 19.2 Å². The summed E-state index contributed by atoms with van der Waals surface area (Å²) in [5.41, 5.74) is 1.49. The predicted molar refractivity (Wildman–Crippen MR) is 291 cm³/mol. The van der Waals surface area contributed by atoms with Crippen LogP contribution in [0.1, 0.15) is 126 Å². The fourth-order valence-corrected chi connectivity index (χ4v) is 11.6. The van der Waals surface area contributed by atoms with Crippen LogP contribution >= 0.6 is 0 Å². The minimum atomic E-state index is -2.48. The SMILES string of the molecule is CO[C@@H]1C(C)=C[C@@H](C)C(=O)C[C@@H]([C@H](C)C[C@@H]2CC[C@@H](OCCO)[C@H](OC)C2)OC(=O)[C@@H]2CCCCN2C(=O)C(=O)[C@]2(O)O[C@@H](CC[C@H]2C)CC(OCCOCCOC2COC2)C(C)=CC=CC=C[C@@H](C)C[C@@H](C)C(=O)[C@@H]1OC. The highest BCUT2D eigenvalue weighted by Crippen LogP contribution is 2.38. The fraction of sp³-hybridized carbons (Fsp3) is 0.783. The number of cyclic esters (lactones) is 1. The van der Waals surface area contributed by atoms with Gasteiger partial charge < -0.3 is 62.5 Å². The molecule has 18 nitrogen and oxygen atoms in total. The number of fused-ring (bicyclic) bond motifs is 3. The summed E-state index contributed by atoms with van der Waals surface area (Å²) < 4.78 is 59.3. The van der Waals surface area contributed by atoms with E-state index in [1.807, 2.05) is 65.0 Å². The Morgan fingerprint density at radius 2 is 1.50 bits per heavy atom. The van der Waals surface area contributed by atoms with Crippen LogP contribution in [0.5, 0.6) is 0 Å². The second kappa shape index (κ2) is 32.8. The molecule has 18 heteroatoms. The number of hydrogen-bond donors (Lipinski definition) is 2. The zero-order chi connectivity index (χ0) is 56.9. The normalized spacial score (nSPS) is 34.6. The second-order valence-electron chi connectivity index (χ2n) is 22.6. The molecule has 4 heterocycles. The standard InChI is InChI=1S/C60H95NO17/c1-38-16-12-11-13-17-39(2)51(76-29-27-72-26-28-74-47-36-73-37-47)34-46-21-19-44(7)60(68,78-46)57(65)58(66)61-23-15-14-18-48(61)59(67)77-52(41(4)32-45-20-22-50(75-25-24-62)53(33-45)69-8)35-49(63)40(3)31-43(6)55(70-9)56(71-10)54(64)42(5)30-38/h11-13,16-17,31,38,40-42,44-48,50-53,55-56,62,68H,14-15,18-30,32-37H2,1-10H3/t38-,40-,41-,42-,44-,45+,46+,48+,50-,51?,52+,53-,55-,56+,60-/m1/s1. The van der Waals surface area contributed by atoms with Gasteiger partial charge in [0.25, 0.3) is 11.7 Å². The molecule has 0 radical (unpaired) electrons. The van der Waals surface area contributed by atoms with Crippen molar-refractivity contribution in [2.24, 2.45) is 35.5 Å². The second-order valence-corrected chi connectivity index (χ2v) is 22.6. The van der Waals surface area contributed by atoms with E-state index in [9.17, 15) is 34.2 Å². The van der Waals surface area contributed by atoms with Gasteiger partial charge in [0.15, 0.2) is 5.78 Å². The maximum Gasteiger partial charge on any atom is 0.329 e. The smallest absolute Gasteiger partial charge is 0.329 e. The topological polar surface area (TPSA) is 221 Å². The molecule has 0 aromatic rings. The molecule has 1 aliphatic carbocycles. The number of ether oxygens (including phenoxy) is 10. The van der Waals surface area contributed by atoms with E-state index in [2.05, 4.69) is 0 Å². The van der Waals surface area contributed by atoms with Gasteiger partial charge in [0.1, 0.15) is 36.2 Å². The summed E-state index contributed by atoms with van der Waals surface area (Å²) in [6, 6.07) is -1.16. The Bertz CT molecular complexity index is 2040. The molecule has 15 atom stereocenters. The summed E-state index contributed by atoms with van der Waals surface area (Å²) in [5, 5.41) is 21.7. The largest absolute Gasteiger partial charge is 0.460 e. The summed E-state index contributed by atoms with van der Waals surface area (Å²) in [7, 11) is 4.63. The molecule has 3 saturated heterocycles. The molecule has 1 unspecified atom stereocenters. The van der Waals surface area contributed by atoms with Crippen LogP contribution in [0, 0.1) is 35.5 Å². The molecule has 78 heavy (non-hydrogen) atoms. The van der Waals surface area contributed by atoms with Gasteiger partial charge >= 0.3 is 5.97 Å². The van der Waals surface area contributed by atoms with Crippen molar-refractivity contribution < 1.29 is 81.6 Å². The zero-order valence-corrected chi connectivity index (χ0v) is 48.4. The lowest BCUT2D eigenvalue weighted by Crippen LogP contribution is -2.61. The average Bonchev–Trinajstić information content (AvgIpc) is 3.45. The van der Waals surface area contributed by atoms with Gasteiger partial charge in [-0.1, -0.05) is 71.1 Å². The van der Waals surface area contributed by atoms with Gasteiger partial charge in [-0.25, -0.2) is 4.79 Å². The van der Waals surface area contributed by atoms with E-state index in [1.165, 1.54) is 19.1 Å². The van der Waals surface area contributed by atoms with E-state index in [0.717, 1.165) is 12.0 Å². The third-order valence-electron chi connectivity index (χ3n) is 16.6. The predicted octanol–water partition coefficient (Wildman–Crippen LogP) is 6.65. The number of ketones is 3. The highest BCUT2D eigenvalue weighted by Gasteiger charge is 2.53. The van der Waals surface area contributed by atoms with Crippen molar-refractivity contribution in [3.8, 4) is 0 Å². The van der Waals surface area contributed by atoms with Crippen LogP contribution in [0.15, 0.2) is 47.6 Å². The maximum atomic E-state index is 14.7. The van der Waals surface area contributed by atoms with Crippen molar-refractivity contribution in [2.45, 2.75) is 186 Å². The number of hydrogen-bond acceptors (Lipinski definition) is 17. The number of aliphatic hydroxyl groups excluding tert-OH is 1. The quantitative estimate of drug-likeness (QED) is 0.0673. The van der Waals surface area contributed by atoms with Crippen molar-refractivity contribution in [1.29, 1.82) is 0 Å². The highest BCUT2D eigenvalue weighted by atomic mass is 16.6. The number of allylic oxidation sites excluding steroid dienone is 6. The van der Waals surface area contributed by atoms with Crippen molar-refractivity contribution in [1.82, 2.24) is 4.90 Å². The van der Waals surface area contributed by atoms with E-state index >= 15 is 0 Å². The summed E-state index contributed by atoms with van der Waals surface area (Å²) in [5.74, 6) is -7.72. The van der Waals surface area contributed by atoms with E-state index in [0.29, 0.717) is 90.0 Å². The molecule has 4 fully saturated rings. The van der Waals surface area contributed by atoms with E-state index < -0.39 is 71.8 Å². The monoisotopic (exact) mass is 1100 g/mol. The zero-order valence-electron chi connectivity index (χ0n) is 48.4. The third kappa shape index (κ3) is 18.8. The van der Waals surface area contributed by atoms with Crippen LogP contribution in [0.4, 0.5) is 0 Å². The van der Waals surface area contributed by atoms with Crippen molar-refractivity contribution in [3.63, 3.8) is 0 Å². The van der Waals surface area contributed by atoms with Gasteiger partial charge in [0, 0.05) is 58.5 Å². The molecule has 4 aliphatic heterocycles. The number of aliphatic hydroxyl groups is 2. The van der Waals surface area contributed by atoms with Crippen LogP contribution in [0.2, 0.25) is 0 Å². The molecular weight excluding hydrogens is 1010 g/mol. The first-order chi connectivity index (χ1) is 37.3. The van der Waals surface area contributed by atoms with Crippen molar-refractivity contribution in [3.05, 3.63) is 47.6 Å². The molecule has 2 bridgehead atoms. The molecule has 5 rings (SSSR count). The average molecular weight is 1100 g/mol. The Labute approximate surface area is 464 Å². The number of methoxy groups -OCH3 is 3. The lowest BCUT2D eigenvalue weighted by molar-refractivity contribution is -0.266. The summed E-state index contributed by atoms with van der Waals surface area (Å²) >= 11 is 0. The molecular formula is C60H95NO17. The van der Waals surface area contributed by atoms with Crippen LogP contribution in [-0.4, -0.2) is 186 Å². The van der Waals surface area contributed by atoms with Crippen molar-refractivity contribution in [2.75, 3.05) is 80.7 Å². The number of piperidine rings is 1.